The lowest BCUT2D eigenvalue weighted by molar-refractivity contribution is 0.0944. The van der Waals surface area contributed by atoms with Gasteiger partial charge in [-0.1, -0.05) is 18.2 Å². The number of methoxy groups -OCH3 is 1. The van der Waals surface area contributed by atoms with Crippen LogP contribution in [0.25, 0.3) is 0 Å². The lowest BCUT2D eigenvalue weighted by Crippen LogP contribution is -2.27. The van der Waals surface area contributed by atoms with Crippen molar-refractivity contribution in [2.45, 2.75) is 6.42 Å². The molecule has 0 spiro atoms. The molecule has 3 N–H and O–H groups in total. The monoisotopic (exact) mass is 262 g/mol. The molecule has 0 unspecified atom stereocenters. The Bertz CT molecular complexity index is 617. The molecule has 19 heavy (non-hydrogen) atoms. The molecule has 0 aliphatic carbocycles. The summed E-state index contributed by atoms with van der Waals surface area (Å²) in [5.74, 6) is 0.336. The number of benzene rings is 1. The van der Waals surface area contributed by atoms with E-state index in [0.717, 1.165) is 11.3 Å². The first-order valence-corrected chi connectivity index (χ1v) is 5.75. The molecular weight excluding hydrogens is 248 g/mol. The van der Waals surface area contributed by atoms with Crippen molar-refractivity contribution in [1.29, 1.82) is 0 Å². The van der Waals surface area contributed by atoms with Crippen LogP contribution in [0.2, 0.25) is 0 Å². The molecule has 7 nitrogen and oxygen atoms in total. The van der Waals surface area contributed by atoms with Gasteiger partial charge in [0.1, 0.15) is 5.75 Å². The molecular formula is C12H14N4O3. The third-order valence-corrected chi connectivity index (χ3v) is 2.59. The fraction of sp³-hybridized carbons (Fsp3) is 0.250. The van der Waals surface area contributed by atoms with Gasteiger partial charge in [-0.2, -0.15) is 0 Å². The number of hydrogen-bond acceptors (Lipinski definition) is 4. The molecule has 0 saturated carbocycles. The van der Waals surface area contributed by atoms with Crippen LogP contribution in [-0.4, -0.2) is 34.7 Å². The van der Waals surface area contributed by atoms with Crippen LogP contribution in [0, 0.1) is 0 Å². The summed E-state index contributed by atoms with van der Waals surface area (Å²) in [7, 11) is 1.60. The zero-order valence-electron chi connectivity index (χ0n) is 10.4. The van der Waals surface area contributed by atoms with Gasteiger partial charge in [0.2, 0.25) is 5.82 Å². The first-order chi connectivity index (χ1) is 9.20. The van der Waals surface area contributed by atoms with E-state index >= 15 is 0 Å². The van der Waals surface area contributed by atoms with E-state index in [1.54, 1.807) is 7.11 Å². The van der Waals surface area contributed by atoms with Crippen LogP contribution in [0.1, 0.15) is 16.2 Å². The summed E-state index contributed by atoms with van der Waals surface area (Å²) in [5, 5.41) is 8.34. The molecule has 1 heterocycles. The van der Waals surface area contributed by atoms with Crippen molar-refractivity contribution in [3.05, 3.63) is 46.1 Å². The maximum Gasteiger partial charge on any atom is 0.341 e. The molecule has 1 aromatic carbocycles. The highest BCUT2D eigenvalue weighted by atomic mass is 16.5. The SMILES string of the molecule is COc1ccccc1CCNC(=O)c1n[nH]c(=O)[nH]1. The van der Waals surface area contributed by atoms with Crippen molar-refractivity contribution in [2.24, 2.45) is 0 Å². The number of rotatable bonds is 5. The zero-order valence-corrected chi connectivity index (χ0v) is 10.4. The number of nitrogens with one attached hydrogen (secondary N) is 3. The largest absolute Gasteiger partial charge is 0.496 e. The van der Waals surface area contributed by atoms with Gasteiger partial charge in [0.25, 0.3) is 5.91 Å². The molecule has 0 atom stereocenters. The Morgan fingerprint density at radius 1 is 1.42 bits per heavy atom. The van der Waals surface area contributed by atoms with E-state index in [1.807, 2.05) is 24.3 Å². The minimum absolute atomic E-state index is 0.0231. The van der Waals surface area contributed by atoms with Gasteiger partial charge in [-0.15, -0.1) is 5.10 Å². The minimum atomic E-state index is -0.505. The third kappa shape index (κ3) is 3.21. The number of aromatic amines is 2. The topological polar surface area (TPSA) is 99.9 Å². The predicted octanol–water partition coefficient (Wildman–Crippen LogP) is 0.0791. The molecule has 1 amide bonds. The highest BCUT2D eigenvalue weighted by Gasteiger charge is 2.09. The Balaban J connectivity index is 1.90. The van der Waals surface area contributed by atoms with E-state index in [1.165, 1.54) is 0 Å². The lowest BCUT2D eigenvalue weighted by atomic mass is 10.1. The number of nitrogens with zero attached hydrogens (tertiary/aromatic N) is 1. The van der Waals surface area contributed by atoms with Gasteiger partial charge in [-0.25, -0.2) is 9.89 Å². The first-order valence-electron chi connectivity index (χ1n) is 5.75. The minimum Gasteiger partial charge on any atom is -0.496 e. The van der Waals surface area contributed by atoms with E-state index in [9.17, 15) is 9.59 Å². The van der Waals surface area contributed by atoms with Crippen LogP contribution in [0.5, 0.6) is 5.75 Å². The summed E-state index contributed by atoms with van der Waals surface area (Å²) in [6.07, 6.45) is 0.629. The molecule has 0 fully saturated rings. The molecule has 0 radical (unpaired) electrons. The normalized spacial score (nSPS) is 10.2. The number of amides is 1. The van der Waals surface area contributed by atoms with Crippen molar-refractivity contribution < 1.29 is 9.53 Å². The van der Waals surface area contributed by atoms with E-state index in [2.05, 4.69) is 20.5 Å². The number of para-hydroxylation sites is 1. The predicted molar refractivity (Wildman–Crippen MR) is 68.2 cm³/mol. The Kier molecular flexibility index (Phi) is 3.97. The molecule has 0 aliphatic rings. The second-order valence-corrected chi connectivity index (χ2v) is 3.84. The number of carbonyl (C=O) groups excluding carboxylic acids is 1. The molecule has 0 bridgehead atoms. The molecule has 2 aromatic rings. The Morgan fingerprint density at radius 3 is 2.89 bits per heavy atom. The first kappa shape index (κ1) is 12.9. The molecule has 1 aromatic heterocycles. The fourth-order valence-corrected chi connectivity index (χ4v) is 1.68. The Labute approximate surface area is 109 Å². The van der Waals surface area contributed by atoms with Gasteiger partial charge >= 0.3 is 5.69 Å². The highest BCUT2D eigenvalue weighted by molar-refractivity contribution is 5.90. The van der Waals surface area contributed by atoms with Crippen LogP contribution in [0.15, 0.2) is 29.1 Å². The van der Waals surface area contributed by atoms with E-state index < -0.39 is 11.6 Å². The quantitative estimate of drug-likeness (QED) is 0.710. The van der Waals surface area contributed by atoms with Gasteiger partial charge < -0.3 is 10.1 Å². The number of carbonyl (C=O) groups is 1. The number of aromatic nitrogens is 3. The second-order valence-electron chi connectivity index (χ2n) is 3.84. The van der Waals surface area contributed by atoms with Crippen LogP contribution < -0.4 is 15.7 Å². The maximum absolute atomic E-state index is 11.6. The number of hydrogen-bond donors (Lipinski definition) is 3. The maximum atomic E-state index is 11.6. The van der Waals surface area contributed by atoms with Crippen molar-refractivity contribution in [1.82, 2.24) is 20.5 Å². The van der Waals surface area contributed by atoms with Gasteiger partial charge in [0.05, 0.1) is 7.11 Å². The molecule has 100 valence electrons. The Morgan fingerprint density at radius 2 is 2.21 bits per heavy atom. The van der Waals surface area contributed by atoms with E-state index in [0.29, 0.717) is 13.0 Å². The third-order valence-electron chi connectivity index (χ3n) is 2.59. The van der Waals surface area contributed by atoms with Gasteiger partial charge in [0.15, 0.2) is 0 Å². The second kappa shape index (κ2) is 5.85. The van der Waals surface area contributed by atoms with Gasteiger partial charge in [0, 0.05) is 6.54 Å². The lowest BCUT2D eigenvalue weighted by Gasteiger charge is -2.08. The Hall–Kier alpha value is -2.57. The average Bonchev–Trinajstić information content (AvgIpc) is 2.86. The summed E-state index contributed by atoms with van der Waals surface area (Å²) < 4.78 is 5.21. The van der Waals surface area contributed by atoms with E-state index in [4.69, 9.17) is 4.74 Å². The van der Waals surface area contributed by atoms with Crippen molar-refractivity contribution in [3.8, 4) is 5.75 Å². The molecule has 2 rings (SSSR count). The van der Waals surface area contributed by atoms with E-state index in [-0.39, 0.29) is 5.82 Å². The summed E-state index contributed by atoms with van der Waals surface area (Å²) >= 11 is 0. The van der Waals surface area contributed by atoms with Crippen LogP contribution in [0.4, 0.5) is 0 Å². The smallest absolute Gasteiger partial charge is 0.341 e. The van der Waals surface area contributed by atoms with Crippen LogP contribution in [0.3, 0.4) is 0 Å². The molecule has 7 heteroatoms. The van der Waals surface area contributed by atoms with Crippen LogP contribution in [-0.2, 0) is 6.42 Å². The average molecular weight is 262 g/mol. The van der Waals surface area contributed by atoms with Crippen LogP contribution >= 0.6 is 0 Å². The summed E-state index contributed by atoms with van der Waals surface area (Å²) in [4.78, 5) is 24.7. The number of H-pyrrole nitrogens is 2. The van der Waals surface area contributed by atoms with Gasteiger partial charge in [-0.05, 0) is 18.1 Å². The van der Waals surface area contributed by atoms with Crippen molar-refractivity contribution in [3.63, 3.8) is 0 Å². The summed E-state index contributed by atoms with van der Waals surface area (Å²) in [6.45, 7) is 0.425. The van der Waals surface area contributed by atoms with Crippen molar-refractivity contribution >= 4 is 5.91 Å². The van der Waals surface area contributed by atoms with Crippen molar-refractivity contribution in [2.75, 3.05) is 13.7 Å². The summed E-state index contributed by atoms with van der Waals surface area (Å²) in [6, 6.07) is 7.59. The molecule has 0 saturated heterocycles. The highest BCUT2D eigenvalue weighted by Crippen LogP contribution is 2.17. The number of ether oxygens (including phenoxy) is 1. The summed E-state index contributed by atoms with van der Waals surface area (Å²) in [5.41, 5.74) is 0.496. The van der Waals surface area contributed by atoms with Gasteiger partial charge in [-0.3, -0.25) is 9.78 Å². The molecule has 0 aliphatic heterocycles. The fourth-order valence-electron chi connectivity index (χ4n) is 1.68. The standard InChI is InChI=1S/C12H14N4O3/c1-19-9-5-3-2-4-8(9)6-7-13-11(17)10-14-12(18)16-15-10/h2-5H,6-7H2,1H3,(H,13,17)(H2,14,15,16,18). The zero-order chi connectivity index (χ0) is 13.7.